The van der Waals surface area contributed by atoms with Crippen molar-refractivity contribution in [2.24, 2.45) is 5.73 Å². The van der Waals surface area contributed by atoms with E-state index >= 15 is 0 Å². The zero-order valence-corrected chi connectivity index (χ0v) is 19.0. The van der Waals surface area contributed by atoms with E-state index in [0.29, 0.717) is 24.9 Å². The van der Waals surface area contributed by atoms with E-state index in [4.69, 9.17) is 5.73 Å². The number of fused-ring (bicyclic) bond motifs is 1. The average molecular weight is 470 g/mol. The van der Waals surface area contributed by atoms with Gasteiger partial charge in [-0.25, -0.2) is 4.98 Å². The first-order valence-electron chi connectivity index (χ1n) is 10.8. The van der Waals surface area contributed by atoms with Gasteiger partial charge in [-0.2, -0.15) is 0 Å². The molecule has 1 fully saturated rings. The predicted octanol–water partition coefficient (Wildman–Crippen LogP) is 2.39. The Labute approximate surface area is 192 Å². The minimum Gasteiger partial charge on any atom is -0.508 e. The number of pyridine rings is 1. The molecule has 33 heavy (non-hydrogen) atoms. The first kappa shape index (κ1) is 23.2. The van der Waals surface area contributed by atoms with Crippen LogP contribution in [0.5, 0.6) is 5.75 Å². The fourth-order valence-corrected chi connectivity index (χ4v) is 6.19. The molecule has 1 amide bonds. The van der Waals surface area contributed by atoms with E-state index in [1.807, 2.05) is 28.8 Å². The van der Waals surface area contributed by atoms with Crippen molar-refractivity contribution in [2.75, 3.05) is 19.3 Å². The highest BCUT2D eigenvalue weighted by molar-refractivity contribution is 7.56. The molecule has 0 bridgehead atoms. The van der Waals surface area contributed by atoms with Gasteiger partial charge in [-0.05, 0) is 49.2 Å². The zero-order chi connectivity index (χ0) is 23.6. The highest BCUT2D eigenvalue weighted by Crippen LogP contribution is 2.53. The molecule has 10 heteroatoms. The van der Waals surface area contributed by atoms with E-state index in [1.54, 1.807) is 24.4 Å². The standard InChI is InChI=1S/C23H27N4O5P/c24-9-3-2-8-23(22(30)31)21(29)26(11-12-33(23)32)15-16-6-7-17(28)13-18(16)19-14-25-20-5-1-4-10-27(19)20/h1,4-7,10,13-14,28,32H,2-3,8-9,11-12,15,24H2,(H,30,31)/t23-,33?/m0/s1. The topological polar surface area (TPSA) is 141 Å². The summed E-state index contributed by atoms with van der Waals surface area (Å²) in [4.78, 5) is 42.3. The first-order chi connectivity index (χ1) is 15.9. The van der Waals surface area contributed by atoms with Gasteiger partial charge in [-0.15, -0.1) is 0 Å². The Hall–Kier alpha value is -3.00. The maximum absolute atomic E-state index is 13.5. The Kier molecular flexibility index (Phi) is 6.65. The van der Waals surface area contributed by atoms with Gasteiger partial charge in [0, 0.05) is 31.0 Å². The van der Waals surface area contributed by atoms with Gasteiger partial charge < -0.3 is 25.7 Å². The van der Waals surface area contributed by atoms with E-state index in [2.05, 4.69) is 4.98 Å². The molecule has 0 saturated carbocycles. The van der Waals surface area contributed by atoms with Crippen LogP contribution in [0.3, 0.4) is 0 Å². The summed E-state index contributed by atoms with van der Waals surface area (Å²) in [5.74, 6) is -1.77. The summed E-state index contributed by atoms with van der Waals surface area (Å²) in [5.41, 5.74) is 8.48. The number of hydrogen-bond acceptors (Lipinski definition) is 6. The molecule has 0 aliphatic carbocycles. The molecule has 1 aromatic carbocycles. The number of amides is 1. The third-order valence-electron chi connectivity index (χ3n) is 6.16. The molecule has 0 radical (unpaired) electrons. The molecule has 9 nitrogen and oxygen atoms in total. The molecule has 2 aromatic heterocycles. The average Bonchev–Trinajstić information content (AvgIpc) is 3.23. The fraction of sp³-hybridized carbons (Fsp3) is 0.348. The molecule has 2 atom stereocenters. The Bertz CT molecular complexity index is 1180. The van der Waals surface area contributed by atoms with E-state index in [9.17, 15) is 24.7 Å². The zero-order valence-electron chi connectivity index (χ0n) is 18.1. The lowest BCUT2D eigenvalue weighted by Crippen LogP contribution is -2.57. The molecule has 5 N–H and O–H groups in total. The van der Waals surface area contributed by atoms with Crippen LogP contribution < -0.4 is 5.73 Å². The van der Waals surface area contributed by atoms with Gasteiger partial charge in [-0.3, -0.25) is 14.0 Å². The number of hydrogen-bond donors (Lipinski definition) is 4. The molecule has 1 aliphatic heterocycles. The second-order valence-electron chi connectivity index (χ2n) is 8.17. The summed E-state index contributed by atoms with van der Waals surface area (Å²) in [7, 11) is -1.99. The maximum Gasteiger partial charge on any atom is 0.325 e. The van der Waals surface area contributed by atoms with Gasteiger partial charge in [0.25, 0.3) is 0 Å². The van der Waals surface area contributed by atoms with Crippen LogP contribution >= 0.6 is 8.15 Å². The number of unbranched alkanes of at least 4 members (excludes halogenated alkanes) is 1. The number of carboxylic acid groups (broad SMARTS) is 1. The lowest BCUT2D eigenvalue weighted by molar-refractivity contribution is -0.150. The number of carbonyl (C=O) groups is 2. The van der Waals surface area contributed by atoms with Crippen LogP contribution in [0.25, 0.3) is 16.9 Å². The second-order valence-corrected chi connectivity index (χ2v) is 10.2. The van der Waals surface area contributed by atoms with Crippen LogP contribution in [0.15, 0.2) is 48.8 Å². The summed E-state index contributed by atoms with van der Waals surface area (Å²) in [5, 5.41) is 18.3. The number of aliphatic carboxylic acids is 1. The number of nitrogens with zero attached hydrogens (tertiary/aromatic N) is 3. The van der Waals surface area contributed by atoms with Gasteiger partial charge in [0.15, 0.2) is 5.16 Å². The molecule has 1 aliphatic rings. The first-order valence-corrected chi connectivity index (χ1v) is 12.3. The number of phenols is 1. The van der Waals surface area contributed by atoms with E-state index in [-0.39, 0.29) is 31.4 Å². The van der Waals surface area contributed by atoms with Crippen LogP contribution in [0.1, 0.15) is 24.8 Å². The summed E-state index contributed by atoms with van der Waals surface area (Å²) in [6, 6.07) is 10.5. The Balaban J connectivity index is 1.69. The predicted molar refractivity (Wildman–Crippen MR) is 125 cm³/mol. The lowest BCUT2D eigenvalue weighted by atomic mass is 9.97. The molecule has 174 valence electrons. The smallest absolute Gasteiger partial charge is 0.325 e. The third kappa shape index (κ3) is 4.19. The van der Waals surface area contributed by atoms with Crippen molar-refractivity contribution in [3.63, 3.8) is 0 Å². The van der Waals surface area contributed by atoms with Gasteiger partial charge in [0.2, 0.25) is 5.91 Å². The van der Waals surface area contributed by atoms with Crippen LogP contribution in [-0.2, 0) is 16.1 Å². The number of nitrogens with two attached hydrogens (primary N) is 1. The number of aromatic hydroxyl groups is 1. The van der Waals surface area contributed by atoms with Crippen LogP contribution in [0, 0.1) is 0 Å². The Morgan fingerprint density at radius 1 is 1.24 bits per heavy atom. The summed E-state index contributed by atoms with van der Waals surface area (Å²) < 4.78 is 1.89. The van der Waals surface area contributed by atoms with E-state index in [0.717, 1.165) is 16.9 Å². The quantitative estimate of drug-likeness (QED) is 0.225. The van der Waals surface area contributed by atoms with Crippen molar-refractivity contribution < 1.29 is 24.7 Å². The number of carboxylic acids is 1. The molecule has 0 spiro atoms. The van der Waals surface area contributed by atoms with E-state index in [1.165, 1.54) is 4.90 Å². The highest BCUT2D eigenvalue weighted by Gasteiger charge is 2.56. The van der Waals surface area contributed by atoms with Crippen LogP contribution in [-0.4, -0.2) is 65.7 Å². The van der Waals surface area contributed by atoms with Crippen molar-refractivity contribution in [3.8, 4) is 17.0 Å². The van der Waals surface area contributed by atoms with Gasteiger partial charge in [-0.1, -0.05) is 18.6 Å². The molecule has 4 rings (SSSR count). The molecule has 3 aromatic rings. The summed E-state index contributed by atoms with van der Waals surface area (Å²) >= 11 is 0. The van der Waals surface area contributed by atoms with Crippen molar-refractivity contribution in [3.05, 3.63) is 54.4 Å². The molecular weight excluding hydrogens is 443 g/mol. The lowest BCUT2D eigenvalue weighted by Gasteiger charge is -2.42. The SMILES string of the molecule is NCCCC[C@@]1(C(=O)O)C(=O)N(Cc2ccc(O)cc2-c2cnc3ccccn23)CCP1O. The number of benzene rings is 1. The van der Waals surface area contributed by atoms with Crippen LogP contribution in [0.2, 0.25) is 0 Å². The Morgan fingerprint density at radius 3 is 2.82 bits per heavy atom. The highest BCUT2D eigenvalue weighted by atomic mass is 31.1. The second kappa shape index (κ2) is 9.47. The third-order valence-corrected chi connectivity index (χ3v) is 8.27. The molecule has 1 unspecified atom stereocenters. The normalized spacial score (nSPS) is 21.0. The molecule has 1 saturated heterocycles. The van der Waals surface area contributed by atoms with Gasteiger partial charge >= 0.3 is 5.97 Å². The largest absolute Gasteiger partial charge is 0.508 e. The van der Waals surface area contributed by atoms with E-state index < -0.39 is 25.2 Å². The van der Waals surface area contributed by atoms with Crippen molar-refractivity contribution in [1.82, 2.24) is 14.3 Å². The maximum atomic E-state index is 13.5. The van der Waals surface area contributed by atoms with Crippen molar-refractivity contribution in [2.45, 2.75) is 31.0 Å². The van der Waals surface area contributed by atoms with Crippen molar-refractivity contribution in [1.29, 1.82) is 0 Å². The summed E-state index contributed by atoms with van der Waals surface area (Å²) in [6.45, 7) is 0.817. The number of imidazole rings is 1. The Morgan fingerprint density at radius 2 is 2.06 bits per heavy atom. The number of aromatic nitrogens is 2. The minimum absolute atomic E-state index is 0.0623. The van der Waals surface area contributed by atoms with Gasteiger partial charge in [0.05, 0.1) is 20.0 Å². The van der Waals surface area contributed by atoms with Crippen molar-refractivity contribution >= 4 is 25.7 Å². The number of phenolic OH excluding ortho intramolecular Hbond substituents is 1. The number of carbonyl (C=O) groups excluding carboxylic acids is 1. The molecule has 3 heterocycles. The minimum atomic E-state index is -1.99. The summed E-state index contributed by atoms with van der Waals surface area (Å²) in [6.07, 6.45) is 4.90. The van der Waals surface area contributed by atoms with Crippen LogP contribution in [0.4, 0.5) is 0 Å². The monoisotopic (exact) mass is 470 g/mol. The van der Waals surface area contributed by atoms with Gasteiger partial charge in [0.1, 0.15) is 11.4 Å². The fourth-order valence-electron chi connectivity index (χ4n) is 4.38. The number of rotatable bonds is 8. The molecular formula is C23H27N4O5P.